The first kappa shape index (κ1) is 27.8. The third kappa shape index (κ3) is 5.54. The Kier molecular flexibility index (Phi) is 7.78. The SMILES string of the molecule is O=C(Oc1ccc2ccccc2c1-c1cccc2ccccc12)[C@@H](CC(=O)N1CCOCC1)Cc1cccc2ccccc12. The van der Waals surface area contributed by atoms with Gasteiger partial charge in [-0.2, -0.15) is 0 Å². The number of hydrogen-bond acceptors (Lipinski definition) is 4. The molecule has 218 valence electrons. The predicted octanol–water partition coefficient (Wildman–Crippen LogP) is 7.83. The van der Waals surface area contributed by atoms with Crippen LogP contribution in [0.2, 0.25) is 0 Å². The quantitative estimate of drug-likeness (QED) is 0.143. The van der Waals surface area contributed by atoms with Crippen LogP contribution in [0.4, 0.5) is 0 Å². The topological polar surface area (TPSA) is 55.8 Å². The van der Waals surface area contributed by atoms with Crippen LogP contribution in [0.1, 0.15) is 12.0 Å². The fraction of sp³-hybridized carbons (Fsp3) is 0.179. The van der Waals surface area contributed by atoms with Crippen LogP contribution in [0.15, 0.2) is 121 Å². The zero-order chi connectivity index (χ0) is 29.9. The summed E-state index contributed by atoms with van der Waals surface area (Å²) in [5.41, 5.74) is 2.89. The maximum Gasteiger partial charge on any atom is 0.315 e. The molecule has 0 bridgehead atoms. The highest BCUT2D eigenvalue weighted by Crippen LogP contribution is 2.41. The Hall–Kier alpha value is -5.00. The summed E-state index contributed by atoms with van der Waals surface area (Å²) in [5.74, 6) is -0.630. The minimum Gasteiger partial charge on any atom is -0.426 e. The van der Waals surface area contributed by atoms with Crippen molar-refractivity contribution >= 4 is 44.2 Å². The number of fused-ring (bicyclic) bond motifs is 3. The van der Waals surface area contributed by atoms with Crippen LogP contribution in [0.25, 0.3) is 43.4 Å². The molecule has 7 rings (SSSR count). The number of carbonyl (C=O) groups excluding carboxylic acids is 2. The number of esters is 1. The molecule has 0 N–H and O–H groups in total. The summed E-state index contributed by atoms with van der Waals surface area (Å²) in [7, 11) is 0. The third-order valence-electron chi connectivity index (χ3n) is 8.62. The lowest BCUT2D eigenvalue weighted by molar-refractivity contribution is -0.145. The molecule has 1 saturated heterocycles. The molecule has 1 aliphatic heterocycles. The number of benzene rings is 6. The highest BCUT2D eigenvalue weighted by atomic mass is 16.5. The number of ether oxygens (including phenoxy) is 2. The zero-order valence-electron chi connectivity index (χ0n) is 24.4. The molecule has 1 heterocycles. The molecular weight excluding hydrogens is 546 g/mol. The van der Waals surface area contributed by atoms with Crippen molar-refractivity contribution in [2.45, 2.75) is 12.8 Å². The molecular formula is C39H33NO4. The van der Waals surface area contributed by atoms with Gasteiger partial charge in [-0.1, -0.05) is 115 Å². The molecule has 5 heteroatoms. The van der Waals surface area contributed by atoms with Gasteiger partial charge in [-0.15, -0.1) is 0 Å². The van der Waals surface area contributed by atoms with Gasteiger partial charge in [0, 0.05) is 25.1 Å². The lowest BCUT2D eigenvalue weighted by Gasteiger charge is -2.28. The van der Waals surface area contributed by atoms with E-state index in [0.717, 1.165) is 49.0 Å². The Morgan fingerprint density at radius 2 is 1.25 bits per heavy atom. The number of hydrogen-bond donors (Lipinski definition) is 0. The van der Waals surface area contributed by atoms with Gasteiger partial charge in [-0.3, -0.25) is 9.59 Å². The van der Waals surface area contributed by atoms with Crippen LogP contribution in [-0.4, -0.2) is 43.1 Å². The normalized spacial score (nSPS) is 14.1. The maximum atomic E-state index is 14.2. The first-order valence-electron chi connectivity index (χ1n) is 15.2. The van der Waals surface area contributed by atoms with Crippen LogP contribution in [0.5, 0.6) is 5.75 Å². The summed E-state index contributed by atoms with van der Waals surface area (Å²) in [6.07, 6.45) is 0.465. The monoisotopic (exact) mass is 579 g/mol. The summed E-state index contributed by atoms with van der Waals surface area (Å²) in [6.45, 7) is 2.08. The first-order chi connectivity index (χ1) is 21.7. The van der Waals surface area contributed by atoms with Crippen LogP contribution in [0.3, 0.4) is 0 Å². The standard InChI is InChI=1S/C39H33NO4/c41-37(40-21-23-43-24-22-40)26-31(25-30-14-7-12-27-9-1-4-15-32(27)30)39(42)44-36-20-19-29-11-3-6-17-34(29)38(36)35-18-8-13-28-10-2-5-16-33(28)35/h1-20,31H,21-26H2/t31-/m1/s1. The van der Waals surface area contributed by atoms with E-state index in [-0.39, 0.29) is 12.3 Å². The molecule has 0 spiro atoms. The van der Waals surface area contributed by atoms with E-state index in [1.54, 1.807) is 4.90 Å². The number of amides is 1. The van der Waals surface area contributed by atoms with Gasteiger partial charge in [-0.25, -0.2) is 0 Å². The average molecular weight is 580 g/mol. The highest BCUT2D eigenvalue weighted by molar-refractivity contribution is 6.08. The van der Waals surface area contributed by atoms with Crippen LogP contribution in [-0.2, 0) is 20.7 Å². The second kappa shape index (κ2) is 12.3. The fourth-order valence-electron chi connectivity index (χ4n) is 6.38. The van der Waals surface area contributed by atoms with E-state index in [2.05, 4.69) is 54.6 Å². The zero-order valence-corrected chi connectivity index (χ0v) is 24.4. The lowest BCUT2D eigenvalue weighted by atomic mass is 9.91. The molecule has 1 atom stereocenters. The molecule has 1 amide bonds. The molecule has 1 fully saturated rings. The summed E-state index contributed by atoms with van der Waals surface area (Å²) >= 11 is 0. The molecule has 44 heavy (non-hydrogen) atoms. The summed E-state index contributed by atoms with van der Waals surface area (Å²) in [4.78, 5) is 29.5. The summed E-state index contributed by atoms with van der Waals surface area (Å²) in [6, 6.07) is 40.7. The molecule has 0 unspecified atom stereocenters. The first-order valence-corrected chi connectivity index (χ1v) is 15.2. The average Bonchev–Trinajstić information content (AvgIpc) is 3.08. The van der Waals surface area contributed by atoms with E-state index < -0.39 is 11.9 Å². The number of carbonyl (C=O) groups is 2. The Balaban J connectivity index is 1.29. The van der Waals surface area contributed by atoms with Crippen molar-refractivity contribution in [2.24, 2.45) is 5.92 Å². The van der Waals surface area contributed by atoms with Crippen molar-refractivity contribution in [3.8, 4) is 16.9 Å². The van der Waals surface area contributed by atoms with Gasteiger partial charge in [0.15, 0.2) is 0 Å². The minimum atomic E-state index is -0.664. The second-order valence-electron chi connectivity index (χ2n) is 11.3. The van der Waals surface area contributed by atoms with Crippen LogP contribution < -0.4 is 4.74 Å². The van der Waals surface area contributed by atoms with E-state index >= 15 is 0 Å². The second-order valence-corrected chi connectivity index (χ2v) is 11.3. The number of rotatable bonds is 7. The van der Waals surface area contributed by atoms with Crippen LogP contribution >= 0.6 is 0 Å². The van der Waals surface area contributed by atoms with Crippen molar-refractivity contribution in [3.05, 3.63) is 127 Å². The summed E-state index contributed by atoms with van der Waals surface area (Å²) in [5, 5.41) is 6.44. The van der Waals surface area contributed by atoms with Gasteiger partial charge >= 0.3 is 5.97 Å². The van der Waals surface area contributed by atoms with Crippen LogP contribution in [0, 0.1) is 5.92 Å². The van der Waals surface area contributed by atoms with Gasteiger partial charge < -0.3 is 14.4 Å². The molecule has 0 saturated carbocycles. The van der Waals surface area contributed by atoms with E-state index in [0.29, 0.717) is 38.5 Å². The Bertz CT molecular complexity index is 1980. The van der Waals surface area contributed by atoms with Crippen molar-refractivity contribution in [3.63, 3.8) is 0 Å². The van der Waals surface area contributed by atoms with Crippen molar-refractivity contribution < 1.29 is 19.1 Å². The molecule has 0 aromatic heterocycles. The number of morpholine rings is 1. The maximum absolute atomic E-state index is 14.2. The molecule has 5 nitrogen and oxygen atoms in total. The minimum absolute atomic E-state index is 0.0525. The molecule has 6 aromatic rings. The van der Waals surface area contributed by atoms with Gasteiger partial charge in [0.05, 0.1) is 19.1 Å². The van der Waals surface area contributed by atoms with Gasteiger partial charge in [0.2, 0.25) is 5.91 Å². The lowest BCUT2D eigenvalue weighted by Crippen LogP contribution is -2.42. The molecule has 1 aliphatic rings. The Morgan fingerprint density at radius 3 is 2.00 bits per heavy atom. The molecule has 0 radical (unpaired) electrons. The fourth-order valence-corrected chi connectivity index (χ4v) is 6.38. The molecule has 0 aliphatic carbocycles. The van der Waals surface area contributed by atoms with E-state index in [1.807, 2.05) is 66.7 Å². The predicted molar refractivity (Wildman–Crippen MR) is 176 cm³/mol. The molecule has 6 aromatic carbocycles. The van der Waals surface area contributed by atoms with E-state index in [9.17, 15) is 9.59 Å². The highest BCUT2D eigenvalue weighted by Gasteiger charge is 2.29. The van der Waals surface area contributed by atoms with Crippen molar-refractivity contribution in [1.29, 1.82) is 0 Å². The van der Waals surface area contributed by atoms with Crippen molar-refractivity contribution in [2.75, 3.05) is 26.3 Å². The van der Waals surface area contributed by atoms with Gasteiger partial charge in [0.1, 0.15) is 5.75 Å². The smallest absolute Gasteiger partial charge is 0.315 e. The Morgan fingerprint density at radius 1 is 0.659 bits per heavy atom. The van der Waals surface area contributed by atoms with Crippen molar-refractivity contribution in [1.82, 2.24) is 4.90 Å². The van der Waals surface area contributed by atoms with Gasteiger partial charge in [0.25, 0.3) is 0 Å². The van der Waals surface area contributed by atoms with E-state index in [1.165, 1.54) is 0 Å². The largest absolute Gasteiger partial charge is 0.426 e. The van der Waals surface area contributed by atoms with Gasteiger partial charge in [-0.05, 0) is 55.9 Å². The third-order valence-corrected chi connectivity index (χ3v) is 8.62. The Labute approximate surface area is 256 Å². The summed E-state index contributed by atoms with van der Waals surface area (Å²) < 4.78 is 11.8. The number of nitrogens with zero attached hydrogens (tertiary/aromatic N) is 1. The van der Waals surface area contributed by atoms with E-state index in [4.69, 9.17) is 9.47 Å².